The van der Waals surface area contributed by atoms with Gasteiger partial charge in [-0.25, -0.2) is 0 Å². The third-order valence-electron chi connectivity index (χ3n) is 9.26. The van der Waals surface area contributed by atoms with Crippen LogP contribution < -0.4 is 4.90 Å². The van der Waals surface area contributed by atoms with Crippen LogP contribution in [0, 0.1) is 0 Å². The molecule has 1 aromatic heterocycles. The Bertz CT molecular complexity index is 2510. The van der Waals surface area contributed by atoms with Crippen LogP contribution >= 0.6 is 0 Å². The van der Waals surface area contributed by atoms with E-state index < -0.39 is 0 Å². The highest BCUT2D eigenvalue weighted by Crippen LogP contribution is 2.43. The minimum absolute atomic E-state index is 0.868. The first kappa shape index (κ1) is 27.9. The minimum atomic E-state index is 0.868. The molecule has 0 bridgehead atoms. The van der Waals surface area contributed by atoms with Gasteiger partial charge in [0.25, 0.3) is 0 Å². The van der Waals surface area contributed by atoms with Crippen molar-refractivity contribution in [1.82, 2.24) is 0 Å². The molecule has 9 aromatic rings. The molecule has 0 spiro atoms. The topological polar surface area (TPSA) is 16.4 Å². The van der Waals surface area contributed by atoms with Crippen LogP contribution in [0.5, 0.6) is 0 Å². The number of para-hydroxylation sites is 2. The molecule has 0 N–H and O–H groups in total. The van der Waals surface area contributed by atoms with Gasteiger partial charge in [0.15, 0.2) is 0 Å². The molecular formula is C46H31NO. The van der Waals surface area contributed by atoms with Crippen molar-refractivity contribution in [1.29, 1.82) is 0 Å². The number of rotatable bonds is 6. The molecule has 0 saturated carbocycles. The van der Waals surface area contributed by atoms with Crippen molar-refractivity contribution in [2.75, 3.05) is 4.90 Å². The molecular weight excluding hydrogens is 583 g/mol. The van der Waals surface area contributed by atoms with E-state index in [1.807, 2.05) is 12.1 Å². The minimum Gasteiger partial charge on any atom is -0.456 e. The first-order chi connectivity index (χ1) is 23.8. The second-order valence-corrected chi connectivity index (χ2v) is 12.2. The molecule has 0 atom stereocenters. The van der Waals surface area contributed by atoms with Gasteiger partial charge in [-0.3, -0.25) is 0 Å². The molecule has 0 aliphatic heterocycles. The monoisotopic (exact) mass is 613 g/mol. The first-order valence-electron chi connectivity index (χ1n) is 16.3. The van der Waals surface area contributed by atoms with Gasteiger partial charge in [-0.2, -0.15) is 0 Å². The van der Waals surface area contributed by atoms with Gasteiger partial charge in [0.1, 0.15) is 11.3 Å². The molecule has 9 rings (SSSR count). The number of nitrogens with zero attached hydrogens (tertiary/aromatic N) is 1. The predicted molar refractivity (Wildman–Crippen MR) is 202 cm³/mol. The van der Waals surface area contributed by atoms with Crippen LogP contribution in [-0.4, -0.2) is 0 Å². The third kappa shape index (κ3) is 4.92. The number of furan rings is 1. The van der Waals surface area contributed by atoms with Crippen LogP contribution in [0.15, 0.2) is 192 Å². The van der Waals surface area contributed by atoms with Crippen LogP contribution in [0.2, 0.25) is 0 Å². The fourth-order valence-corrected chi connectivity index (χ4v) is 6.94. The Morgan fingerprint density at radius 2 is 0.958 bits per heavy atom. The summed E-state index contributed by atoms with van der Waals surface area (Å²) in [7, 11) is 0. The van der Waals surface area contributed by atoms with Crippen molar-refractivity contribution < 1.29 is 4.42 Å². The van der Waals surface area contributed by atoms with E-state index in [-0.39, 0.29) is 0 Å². The van der Waals surface area contributed by atoms with Gasteiger partial charge in [-0.15, -0.1) is 0 Å². The summed E-state index contributed by atoms with van der Waals surface area (Å²) < 4.78 is 6.41. The van der Waals surface area contributed by atoms with Gasteiger partial charge in [0.2, 0.25) is 0 Å². The third-order valence-corrected chi connectivity index (χ3v) is 9.26. The summed E-state index contributed by atoms with van der Waals surface area (Å²) in [5.74, 6) is 0.868. The lowest BCUT2D eigenvalue weighted by Crippen LogP contribution is -2.10. The Morgan fingerprint density at radius 3 is 1.73 bits per heavy atom. The fraction of sp³-hybridized carbons (Fsp3) is 0. The average molecular weight is 614 g/mol. The standard InChI is InChI=1S/C46H31NO/c1-3-13-33(14-4-1)40-28-25-34(29-43(40)46-31-36-16-8-12-22-45(36)48-46)32-23-26-38(27-24-32)47(37-17-5-2-6-18-37)44-30-35-15-7-9-19-39(35)41-20-10-11-21-42(41)44/h1-31H. The number of fused-ring (bicyclic) bond motifs is 4. The van der Waals surface area contributed by atoms with Crippen molar-refractivity contribution in [2.45, 2.75) is 0 Å². The Labute approximate surface area is 279 Å². The zero-order valence-corrected chi connectivity index (χ0v) is 26.3. The fourth-order valence-electron chi connectivity index (χ4n) is 6.94. The number of anilines is 3. The highest BCUT2D eigenvalue weighted by molar-refractivity contribution is 6.14. The van der Waals surface area contributed by atoms with E-state index >= 15 is 0 Å². The van der Waals surface area contributed by atoms with Crippen LogP contribution in [0.4, 0.5) is 17.1 Å². The summed E-state index contributed by atoms with van der Waals surface area (Å²) in [4.78, 5) is 2.37. The molecule has 2 heteroatoms. The molecule has 226 valence electrons. The van der Waals surface area contributed by atoms with E-state index in [9.17, 15) is 0 Å². The summed E-state index contributed by atoms with van der Waals surface area (Å²) in [6.45, 7) is 0. The Kier molecular flexibility index (Phi) is 6.84. The first-order valence-corrected chi connectivity index (χ1v) is 16.3. The average Bonchev–Trinajstić information content (AvgIpc) is 3.60. The van der Waals surface area contributed by atoms with Gasteiger partial charge in [0.05, 0.1) is 5.69 Å². The van der Waals surface area contributed by atoms with E-state index in [4.69, 9.17) is 4.42 Å². The second kappa shape index (κ2) is 11.8. The lowest BCUT2D eigenvalue weighted by atomic mass is 9.93. The normalized spacial score (nSPS) is 11.3. The predicted octanol–water partition coefficient (Wildman–Crippen LogP) is 13.2. The van der Waals surface area contributed by atoms with E-state index in [1.54, 1.807) is 0 Å². The van der Waals surface area contributed by atoms with Crippen LogP contribution in [0.1, 0.15) is 0 Å². The number of benzene rings is 8. The Morgan fingerprint density at radius 1 is 0.354 bits per heavy atom. The zero-order chi connectivity index (χ0) is 31.9. The molecule has 8 aromatic carbocycles. The summed E-state index contributed by atoms with van der Waals surface area (Å²) in [5, 5.41) is 6.05. The molecule has 48 heavy (non-hydrogen) atoms. The lowest BCUT2D eigenvalue weighted by molar-refractivity contribution is 0.632. The van der Waals surface area contributed by atoms with Crippen molar-refractivity contribution in [2.24, 2.45) is 0 Å². The van der Waals surface area contributed by atoms with Crippen molar-refractivity contribution in [3.05, 3.63) is 188 Å². The molecule has 0 amide bonds. The van der Waals surface area contributed by atoms with Crippen molar-refractivity contribution in [3.63, 3.8) is 0 Å². The Balaban J connectivity index is 1.17. The highest BCUT2D eigenvalue weighted by atomic mass is 16.3. The number of hydrogen-bond donors (Lipinski definition) is 0. The second-order valence-electron chi connectivity index (χ2n) is 12.2. The van der Waals surface area contributed by atoms with E-state index in [0.717, 1.165) is 61.6 Å². The van der Waals surface area contributed by atoms with Crippen molar-refractivity contribution in [3.8, 4) is 33.6 Å². The summed E-state index contributed by atoms with van der Waals surface area (Å²) in [6, 6.07) is 66.9. The maximum absolute atomic E-state index is 6.41. The summed E-state index contributed by atoms with van der Waals surface area (Å²) >= 11 is 0. The van der Waals surface area contributed by atoms with E-state index in [1.165, 1.54) is 21.5 Å². The van der Waals surface area contributed by atoms with Crippen molar-refractivity contribution >= 4 is 49.6 Å². The molecule has 1 heterocycles. The number of hydrogen-bond acceptors (Lipinski definition) is 2. The lowest BCUT2D eigenvalue weighted by Gasteiger charge is -2.27. The smallest absolute Gasteiger partial charge is 0.136 e. The zero-order valence-electron chi connectivity index (χ0n) is 26.3. The van der Waals surface area contributed by atoms with Crippen LogP contribution in [0.3, 0.4) is 0 Å². The molecule has 0 radical (unpaired) electrons. The van der Waals surface area contributed by atoms with Crippen LogP contribution in [0.25, 0.3) is 66.1 Å². The molecule has 0 saturated heterocycles. The molecule has 0 unspecified atom stereocenters. The highest BCUT2D eigenvalue weighted by Gasteiger charge is 2.18. The van der Waals surface area contributed by atoms with E-state index in [0.29, 0.717) is 0 Å². The molecule has 0 aliphatic carbocycles. The summed E-state index contributed by atoms with van der Waals surface area (Å²) in [5.41, 5.74) is 9.93. The van der Waals surface area contributed by atoms with E-state index in [2.05, 4.69) is 181 Å². The summed E-state index contributed by atoms with van der Waals surface area (Å²) in [6.07, 6.45) is 0. The van der Waals surface area contributed by atoms with Gasteiger partial charge in [0, 0.05) is 27.7 Å². The molecule has 0 fully saturated rings. The van der Waals surface area contributed by atoms with Gasteiger partial charge in [-0.1, -0.05) is 140 Å². The molecule has 2 nitrogen and oxygen atoms in total. The quantitative estimate of drug-likeness (QED) is 0.174. The largest absolute Gasteiger partial charge is 0.456 e. The van der Waals surface area contributed by atoms with Gasteiger partial charge in [-0.05, 0) is 86.9 Å². The SMILES string of the molecule is c1ccc(-c2ccc(-c3ccc(N(c4ccccc4)c4cc5ccccc5c5ccccc45)cc3)cc2-c2cc3ccccc3o2)cc1. The Hall–Kier alpha value is -6.38. The molecule has 0 aliphatic rings. The maximum atomic E-state index is 6.41. The van der Waals surface area contributed by atoms with Gasteiger partial charge >= 0.3 is 0 Å². The van der Waals surface area contributed by atoms with Gasteiger partial charge < -0.3 is 9.32 Å². The van der Waals surface area contributed by atoms with Crippen LogP contribution in [-0.2, 0) is 0 Å². The maximum Gasteiger partial charge on any atom is 0.136 e.